The summed E-state index contributed by atoms with van der Waals surface area (Å²) >= 11 is 1.45. The lowest BCUT2D eigenvalue weighted by Gasteiger charge is -2.30. The highest BCUT2D eigenvalue weighted by Crippen LogP contribution is 2.29. The van der Waals surface area contributed by atoms with E-state index >= 15 is 0 Å². The van der Waals surface area contributed by atoms with Crippen LogP contribution in [0.4, 0.5) is 5.95 Å². The van der Waals surface area contributed by atoms with Crippen LogP contribution in [0.25, 0.3) is 44.3 Å². The van der Waals surface area contributed by atoms with Crippen molar-refractivity contribution in [1.82, 2.24) is 29.9 Å². The minimum Gasteiger partial charge on any atom is -0.497 e. The Hall–Kier alpha value is -5.27. The molecule has 4 aromatic heterocycles. The first-order chi connectivity index (χ1) is 22.9. The van der Waals surface area contributed by atoms with E-state index in [-0.39, 0.29) is 17.2 Å². The Morgan fingerprint density at radius 1 is 0.723 bits per heavy atom. The molecular formula is C34H33N7O5S. The third-order valence-electron chi connectivity index (χ3n) is 7.86. The van der Waals surface area contributed by atoms with E-state index in [9.17, 15) is 14.7 Å². The second-order valence-electron chi connectivity index (χ2n) is 10.7. The average molecular weight is 652 g/mol. The number of aromatic nitrogens is 6. The molecule has 6 aromatic rings. The van der Waals surface area contributed by atoms with E-state index in [1.165, 1.54) is 11.8 Å². The number of piperidine rings is 1. The quantitative estimate of drug-likeness (QED) is 0.170. The molecule has 3 N–H and O–H groups in total. The fraction of sp³-hybridized carbons (Fsp3) is 0.235. The molecule has 0 aliphatic carbocycles. The van der Waals surface area contributed by atoms with Gasteiger partial charge in [0.15, 0.2) is 5.16 Å². The highest BCUT2D eigenvalue weighted by Gasteiger charge is 2.22. The van der Waals surface area contributed by atoms with Crippen molar-refractivity contribution in [2.75, 3.05) is 38.5 Å². The van der Waals surface area contributed by atoms with Crippen LogP contribution in [-0.4, -0.2) is 74.7 Å². The number of aliphatic hydroxyl groups excluding tert-OH is 1. The molecule has 1 aliphatic heterocycles. The van der Waals surface area contributed by atoms with Gasteiger partial charge in [0, 0.05) is 36.6 Å². The summed E-state index contributed by atoms with van der Waals surface area (Å²) in [4.78, 5) is 50.2. The van der Waals surface area contributed by atoms with Crippen LogP contribution in [0.3, 0.4) is 0 Å². The zero-order valence-electron chi connectivity index (χ0n) is 26.1. The lowest BCUT2D eigenvalue weighted by atomic mass is 10.1. The van der Waals surface area contributed by atoms with Gasteiger partial charge in [-0.3, -0.25) is 9.59 Å². The Bertz CT molecular complexity index is 2130. The summed E-state index contributed by atoms with van der Waals surface area (Å²) in [6.07, 6.45) is 6.21. The predicted octanol–water partition coefficient (Wildman–Crippen LogP) is 4.67. The smallest absolute Gasteiger partial charge is 0.259 e. The second-order valence-corrected chi connectivity index (χ2v) is 11.5. The number of thioether (sulfide) groups is 1. The number of benzene rings is 2. The van der Waals surface area contributed by atoms with Crippen LogP contribution in [-0.2, 0) is 0 Å². The number of fused-ring (bicyclic) bond motifs is 2. The molecule has 0 bridgehead atoms. The van der Waals surface area contributed by atoms with Crippen LogP contribution in [0.2, 0.25) is 0 Å². The van der Waals surface area contributed by atoms with Crippen LogP contribution in [0.5, 0.6) is 11.5 Å². The summed E-state index contributed by atoms with van der Waals surface area (Å²) in [5, 5.41) is 11.3. The van der Waals surface area contributed by atoms with Gasteiger partial charge in [0.05, 0.1) is 53.5 Å². The maximum Gasteiger partial charge on any atom is 0.259 e. The Labute approximate surface area is 273 Å². The molecule has 47 heavy (non-hydrogen) atoms. The highest BCUT2D eigenvalue weighted by atomic mass is 32.2. The molecule has 0 saturated carbocycles. The SMILES string of the molecule is COc1ccc(-c2nc(N3CCC(O)CC3)nc3cc[nH]c(=O)c23)cc1.COc1ccc(-c2nc(SC)nc3cc[nH]c(=O)c23)cc1. The first-order valence-electron chi connectivity index (χ1n) is 14.9. The van der Waals surface area contributed by atoms with Crippen LogP contribution in [0.1, 0.15) is 12.8 Å². The molecule has 0 spiro atoms. The zero-order chi connectivity index (χ0) is 32.9. The number of aliphatic hydroxyl groups is 1. The van der Waals surface area contributed by atoms with Crippen molar-refractivity contribution in [1.29, 1.82) is 0 Å². The molecule has 1 fully saturated rings. The summed E-state index contributed by atoms with van der Waals surface area (Å²) in [7, 11) is 3.23. The fourth-order valence-corrected chi connectivity index (χ4v) is 5.73. The van der Waals surface area contributed by atoms with Gasteiger partial charge in [-0.2, -0.15) is 0 Å². The van der Waals surface area contributed by atoms with Crippen molar-refractivity contribution in [3.8, 4) is 34.0 Å². The van der Waals surface area contributed by atoms with E-state index in [0.29, 0.717) is 70.2 Å². The maximum atomic E-state index is 12.4. The average Bonchev–Trinajstić information content (AvgIpc) is 3.11. The van der Waals surface area contributed by atoms with Crippen LogP contribution >= 0.6 is 11.8 Å². The lowest BCUT2D eigenvalue weighted by molar-refractivity contribution is 0.145. The number of nitrogens with zero attached hydrogens (tertiary/aromatic N) is 5. The Balaban J connectivity index is 0.000000168. The van der Waals surface area contributed by atoms with Crippen LogP contribution < -0.4 is 25.5 Å². The minimum absolute atomic E-state index is 0.189. The number of nitrogens with one attached hydrogen (secondary N) is 2. The first-order valence-corrected chi connectivity index (χ1v) is 16.2. The van der Waals surface area contributed by atoms with Gasteiger partial charge < -0.3 is 29.4 Å². The summed E-state index contributed by atoms with van der Waals surface area (Å²) in [6, 6.07) is 18.5. The Morgan fingerprint density at radius 2 is 1.21 bits per heavy atom. The number of ether oxygens (including phenoxy) is 2. The van der Waals surface area contributed by atoms with Crippen molar-refractivity contribution < 1.29 is 14.6 Å². The molecule has 7 rings (SSSR count). The molecule has 0 unspecified atom stereocenters. The van der Waals surface area contributed by atoms with Gasteiger partial charge in [0.1, 0.15) is 11.5 Å². The van der Waals surface area contributed by atoms with Crippen LogP contribution in [0, 0.1) is 0 Å². The normalized spacial score (nSPS) is 13.3. The van der Waals surface area contributed by atoms with Gasteiger partial charge in [-0.15, -0.1) is 0 Å². The van der Waals surface area contributed by atoms with Gasteiger partial charge >= 0.3 is 0 Å². The third kappa shape index (κ3) is 6.81. The number of hydrogen-bond acceptors (Lipinski definition) is 11. The summed E-state index contributed by atoms with van der Waals surface area (Å²) in [5.74, 6) is 2.09. The molecule has 2 aromatic carbocycles. The van der Waals surface area contributed by atoms with Crippen molar-refractivity contribution >= 4 is 39.5 Å². The van der Waals surface area contributed by atoms with Gasteiger partial charge in [0.2, 0.25) is 5.95 Å². The zero-order valence-corrected chi connectivity index (χ0v) is 26.9. The van der Waals surface area contributed by atoms with Gasteiger partial charge in [-0.25, -0.2) is 19.9 Å². The molecule has 13 heteroatoms. The van der Waals surface area contributed by atoms with Crippen molar-refractivity contribution in [3.05, 3.63) is 93.8 Å². The van der Waals surface area contributed by atoms with E-state index in [0.717, 1.165) is 22.6 Å². The summed E-state index contributed by atoms with van der Waals surface area (Å²) in [5.41, 5.74) is 3.76. The number of rotatable bonds is 6. The Morgan fingerprint density at radius 3 is 1.70 bits per heavy atom. The van der Waals surface area contributed by atoms with Crippen molar-refractivity contribution in [3.63, 3.8) is 0 Å². The van der Waals surface area contributed by atoms with Crippen LogP contribution in [0.15, 0.2) is 87.8 Å². The number of aromatic amines is 2. The van der Waals surface area contributed by atoms with E-state index in [4.69, 9.17) is 14.5 Å². The predicted molar refractivity (Wildman–Crippen MR) is 184 cm³/mol. The molecular weight excluding hydrogens is 618 g/mol. The number of H-pyrrole nitrogens is 2. The van der Waals surface area contributed by atoms with E-state index in [2.05, 4.69) is 29.8 Å². The largest absolute Gasteiger partial charge is 0.497 e. The molecule has 0 radical (unpaired) electrons. The number of anilines is 1. The molecule has 1 aliphatic rings. The third-order valence-corrected chi connectivity index (χ3v) is 8.41. The molecule has 1 saturated heterocycles. The van der Waals surface area contributed by atoms with E-state index in [1.54, 1.807) is 38.7 Å². The topological polar surface area (TPSA) is 159 Å². The molecule has 240 valence electrons. The highest BCUT2D eigenvalue weighted by molar-refractivity contribution is 7.98. The number of hydrogen-bond donors (Lipinski definition) is 3. The van der Waals surface area contributed by atoms with E-state index in [1.807, 2.05) is 54.8 Å². The van der Waals surface area contributed by atoms with E-state index < -0.39 is 0 Å². The molecule has 0 atom stereocenters. The van der Waals surface area contributed by atoms with Gasteiger partial charge in [-0.05, 0) is 79.8 Å². The molecule has 0 amide bonds. The second kappa shape index (κ2) is 14.0. The van der Waals surface area contributed by atoms with Crippen molar-refractivity contribution in [2.45, 2.75) is 24.1 Å². The number of pyridine rings is 2. The lowest BCUT2D eigenvalue weighted by Crippen LogP contribution is -2.37. The molecule has 12 nitrogen and oxygen atoms in total. The minimum atomic E-state index is -0.268. The summed E-state index contributed by atoms with van der Waals surface area (Å²) < 4.78 is 10.4. The first kappa shape index (κ1) is 31.7. The number of methoxy groups -OCH3 is 2. The molecule has 5 heterocycles. The maximum absolute atomic E-state index is 12.4. The standard InChI is InChI=1S/C19H20N4O3.C15H13N3O2S/c1-26-14-4-2-12(3-5-14)17-16-15(6-9-20-18(16)25)21-19(22-17)23-10-7-13(24)8-11-23;1-20-10-5-3-9(4-6-10)13-12-11(7-8-16-14(12)19)17-15(18-13)21-2/h2-6,9,13,24H,7-8,10-11H2,1H3,(H,20,25);3-8H,1-2H3,(H,16,19). The van der Waals surface area contributed by atoms with Crippen molar-refractivity contribution in [2.24, 2.45) is 0 Å². The fourth-order valence-electron chi connectivity index (χ4n) is 5.36. The monoisotopic (exact) mass is 651 g/mol. The van der Waals surface area contributed by atoms with Gasteiger partial charge in [0.25, 0.3) is 11.1 Å². The Kier molecular flexibility index (Phi) is 9.45. The summed E-state index contributed by atoms with van der Waals surface area (Å²) in [6.45, 7) is 1.38. The van der Waals surface area contributed by atoms with Gasteiger partial charge in [-0.1, -0.05) is 11.8 Å².